The van der Waals surface area contributed by atoms with Crippen LogP contribution in [0, 0.1) is 11.6 Å². The Bertz CT molecular complexity index is 672. The van der Waals surface area contributed by atoms with Gasteiger partial charge in [0.2, 0.25) is 0 Å². The molecule has 0 aliphatic carbocycles. The Morgan fingerprint density at radius 1 is 1.24 bits per heavy atom. The van der Waals surface area contributed by atoms with Crippen molar-refractivity contribution in [3.05, 3.63) is 64.2 Å². The highest BCUT2D eigenvalue weighted by molar-refractivity contribution is 6.32. The van der Waals surface area contributed by atoms with Gasteiger partial charge in [0, 0.05) is 5.56 Å². The molecule has 7 heteroatoms. The Morgan fingerprint density at radius 3 is 2.62 bits per heavy atom. The van der Waals surface area contributed by atoms with Gasteiger partial charge in [-0.15, -0.1) is 0 Å². The second-order valence-corrected chi connectivity index (χ2v) is 4.51. The minimum Gasteiger partial charge on any atom is -0.484 e. The van der Waals surface area contributed by atoms with Gasteiger partial charge in [0.25, 0.3) is 0 Å². The fraction of sp³-hybridized carbons (Fsp3) is 0.0714. The molecule has 0 aliphatic rings. The molecule has 2 rings (SSSR count). The Morgan fingerprint density at radius 2 is 1.95 bits per heavy atom. The first-order chi connectivity index (χ1) is 10.0. The fourth-order valence-corrected chi connectivity index (χ4v) is 1.93. The summed E-state index contributed by atoms with van der Waals surface area (Å²) in [4.78, 5) is 0. The molecule has 0 bridgehead atoms. The Labute approximate surface area is 124 Å². The van der Waals surface area contributed by atoms with Crippen molar-refractivity contribution < 1.29 is 18.7 Å². The summed E-state index contributed by atoms with van der Waals surface area (Å²) >= 11 is 5.81. The van der Waals surface area contributed by atoms with E-state index in [-0.39, 0.29) is 34.3 Å². The van der Waals surface area contributed by atoms with Crippen LogP contribution in [-0.2, 0) is 6.61 Å². The molecule has 0 spiro atoms. The lowest BCUT2D eigenvalue weighted by Gasteiger charge is -2.11. The Balaban J connectivity index is 2.25. The van der Waals surface area contributed by atoms with Gasteiger partial charge < -0.3 is 15.7 Å². The molecule has 110 valence electrons. The first kappa shape index (κ1) is 15.1. The zero-order valence-corrected chi connectivity index (χ0v) is 11.4. The minimum absolute atomic E-state index is 0.0711. The first-order valence-corrected chi connectivity index (χ1v) is 6.24. The lowest BCUT2D eigenvalue weighted by atomic mass is 10.1. The third-order valence-corrected chi connectivity index (χ3v) is 3.05. The van der Waals surface area contributed by atoms with Crippen molar-refractivity contribution in [1.82, 2.24) is 0 Å². The van der Waals surface area contributed by atoms with Crippen LogP contribution in [0.15, 0.2) is 41.6 Å². The van der Waals surface area contributed by atoms with Crippen molar-refractivity contribution in [2.45, 2.75) is 6.61 Å². The van der Waals surface area contributed by atoms with Gasteiger partial charge in [-0.05, 0) is 18.2 Å². The number of benzene rings is 2. The van der Waals surface area contributed by atoms with Crippen molar-refractivity contribution in [2.24, 2.45) is 10.9 Å². The summed E-state index contributed by atoms with van der Waals surface area (Å²) in [5.74, 6) is -1.87. The molecule has 0 saturated carbocycles. The van der Waals surface area contributed by atoms with Crippen LogP contribution >= 0.6 is 11.6 Å². The number of hydrogen-bond acceptors (Lipinski definition) is 3. The maximum atomic E-state index is 14.1. The van der Waals surface area contributed by atoms with E-state index in [4.69, 9.17) is 27.3 Å². The smallest absolute Gasteiger partial charge is 0.174 e. The van der Waals surface area contributed by atoms with Crippen LogP contribution in [0.2, 0.25) is 5.02 Å². The number of nitrogens with two attached hydrogens (primary N) is 1. The molecule has 0 aliphatic heterocycles. The molecule has 0 fully saturated rings. The third kappa shape index (κ3) is 3.22. The number of para-hydroxylation sites is 1. The lowest BCUT2D eigenvalue weighted by molar-refractivity contribution is 0.285. The number of nitrogens with zero attached hydrogens (tertiary/aromatic N) is 1. The van der Waals surface area contributed by atoms with Gasteiger partial charge in [-0.25, -0.2) is 8.78 Å². The average molecular weight is 313 g/mol. The molecule has 4 nitrogen and oxygen atoms in total. The van der Waals surface area contributed by atoms with Crippen LogP contribution in [0.4, 0.5) is 8.78 Å². The number of halogens is 3. The summed E-state index contributed by atoms with van der Waals surface area (Å²) < 4.78 is 32.9. The molecule has 2 aromatic rings. The molecule has 0 saturated heterocycles. The van der Waals surface area contributed by atoms with E-state index in [9.17, 15) is 8.78 Å². The molecule has 0 atom stereocenters. The first-order valence-electron chi connectivity index (χ1n) is 5.86. The van der Waals surface area contributed by atoms with Gasteiger partial charge in [0.05, 0.1) is 10.6 Å². The number of oxime groups is 1. The molecule has 0 amide bonds. The Hall–Kier alpha value is -2.34. The summed E-state index contributed by atoms with van der Waals surface area (Å²) in [5, 5.41) is 11.4. The monoisotopic (exact) mass is 312 g/mol. The van der Waals surface area contributed by atoms with E-state index in [1.54, 1.807) is 0 Å². The molecular weight excluding hydrogens is 302 g/mol. The van der Waals surface area contributed by atoms with Crippen molar-refractivity contribution in [2.75, 3.05) is 0 Å². The van der Waals surface area contributed by atoms with Gasteiger partial charge in [-0.2, -0.15) is 0 Å². The molecule has 0 unspecified atom stereocenters. The third-order valence-electron chi connectivity index (χ3n) is 2.75. The van der Waals surface area contributed by atoms with E-state index in [1.165, 1.54) is 36.4 Å². The summed E-state index contributed by atoms with van der Waals surface area (Å²) in [6.45, 7) is -0.251. The molecule has 0 aromatic heterocycles. The van der Waals surface area contributed by atoms with Gasteiger partial charge >= 0.3 is 0 Å². The predicted octanol–water partition coefficient (Wildman–Crippen LogP) is 3.29. The lowest BCUT2D eigenvalue weighted by Crippen LogP contribution is -2.16. The van der Waals surface area contributed by atoms with E-state index in [0.29, 0.717) is 0 Å². The summed E-state index contributed by atoms with van der Waals surface area (Å²) in [6.07, 6.45) is 0. The van der Waals surface area contributed by atoms with Crippen molar-refractivity contribution in [3.8, 4) is 5.75 Å². The van der Waals surface area contributed by atoms with E-state index < -0.39 is 11.6 Å². The molecule has 0 heterocycles. The highest BCUT2D eigenvalue weighted by Gasteiger charge is 2.14. The second-order valence-electron chi connectivity index (χ2n) is 4.10. The molecule has 2 aromatic carbocycles. The molecular formula is C14H11ClF2N2O2. The average Bonchev–Trinajstić information content (AvgIpc) is 2.47. The van der Waals surface area contributed by atoms with Crippen LogP contribution < -0.4 is 10.5 Å². The fourth-order valence-electron chi connectivity index (χ4n) is 1.71. The van der Waals surface area contributed by atoms with Gasteiger partial charge in [0.15, 0.2) is 17.4 Å². The molecule has 3 N–H and O–H groups in total. The van der Waals surface area contributed by atoms with Gasteiger partial charge in [-0.1, -0.05) is 35.0 Å². The SMILES string of the molecule is N/C(=N/O)c1cccc(COc2c(F)cccc2Cl)c1F. The van der Waals surface area contributed by atoms with E-state index in [0.717, 1.165) is 0 Å². The van der Waals surface area contributed by atoms with E-state index in [2.05, 4.69) is 5.16 Å². The van der Waals surface area contributed by atoms with Crippen LogP contribution in [0.5, 0.6) is 5.75 Å². The molecule has 0 radical (unpaired) electrons. The van der Waals surface area contributed by atoms with E-state index in [1.807, 2.05) is 0 Å². The quantitative estimate of drug-likeness (QED) is 0.394. The largest absolute Gasteiger partial charge is 0.484 e. The zero-order chi connectivity index (χ0) is 15.4. The minimum atomic E-state index is -0.708. The van der Waals surface area contributed by atoms with E-state index >= 15 is 0 Å². The maximum absolute atomic E-state index is 14.1. The Kier molecular flexibility index (Phi) is 4.59. The van der Waals surface area contributed by atoms with Crippen molar-refractivity contribution in [1.29, 1.82) is 0 Å². The summed E-state index contributed by atoms with van der Waals surface area (Å²) in [5.41, 5.74) is 5.41. The number of rotatable bonds is 4. The van der Waals surface area contributed by atoms with Gasteiger partial charge in [0.1, 0.15) is 12.4 Å². The topological polar surface area (TPSA) is 67.8 Å². The molecule has 21 heavy (non-hydrogen) atoms. The number of ether oxygens (including phenoxy) is 1. The van der Waals surface area contributed by atoms with Crippen LogP contribution in [0.1, 0.15) is 11.1 Å². The second kappa shape index (κ2) is 6.41. The highest BCUT2D eigenvalue weighted by atomic mass is 35.5. The van der Waals surface area contributed by atoms with Gasteiger partial charge in [-0.3, -0.25) is 0 Å². The predicted molar refractivity (Wildman–Crippen MR) is 74.7 cm³/mol. The van der Waals surface area contributed by atoms with Crippen LogP contribution in [-0.4, -0.2) is 11.0 Å². The van der Waals surface area contributed by atoms with Crippen molar-refractivity contribution in [3.63, 3.8) is 0 Å². The summed E-state index contributed by atoms with van der Waals surface area (Å²) in [6, 6.07) is 8.39. The highest BCUT2D eigenvalue weighted by Crippen LogP contribution is 2.28. The normalized spacial score (nSPS) is 11.5. The standard InChI is InChI=1S/C14H11ClF2N2O2/c15-10-5-2-6-11(16)13(10)21-7-8-3-1-4-9(12(8)17)14(18)19-20/h1-6,20H,7H2,(H2,18,19). The van der Waals surface area contributed by atoms with Crippen LogP contribution in [0.25, 0.3) is 0 Å². The zero-order valence-electron chi connectivity index (χ0n) is 10.7. The maximum Gasteiger partial charge on any atom is 0.174 e. The summed E-state index contributed by atoms with van der Waals surface area (Å²) in [7, 11) is 0. The van der Waals surface area contributed by atoms with Crippen molar-refractivity contribution >= 4 is 17.4 Å². The number of hydrogen-bond donors (Lipinski definition) is 2. The number of amidine groups is 1. The van der Waals surface area contributed by atoms with Crippen LogP contribution in [0.3, 0.4) is 0 Å².